The molecule has 0 aliphatic carbocycles. The molecule has 0 bridgehead atoms. The van der Waals surface area contributed by atoms with Crippen LogP contribution in [0.3, 0.4) is 0 Å². The van der Waals surface area contributed by atoms with Crippen molar-refractivity contribution in [1.82, 2.24) is 9.80 Å². The Morgan fingerprint density at radius 1 is 1.29 bits per heavy atom. The zero-order valence-corrected chi connectivity index (χ0v) is 16.8. The molecule has 166 valence electrons. The van der Waals surface area contributed by atoms with Crippen LogP contribution in [-0.2, 0) is 6.54 Å². The quantitative estimate of drug-likeness (QED) is 0.723. The summed E-state index contributed by atoms with van der Waals surface area (Å²) in [5.41, 5.74) is -0.355. The zero-order valence-electron chi connectivity index (χ0n) is 16.0. The first-order valence-electron chi connectivity index (χ1n) is 9.39. The summed E-state index contributed by atoms with van der Waals surface area (Å²) in [6.45, 7) is -2.28. The summed E-state index contributed by atoms with van der Waals surface area (Å²) in [5.74, 6) is -2.06. The molecule has 2 aliphatic heterocycles. The number of phenolic OH excluding ortho intramolecular Hbond substituents is 1. The fourth-order valence-corrected chi connectivity index (χ4v) is 4.21. The normalized spacial score (nSPS) is 18.7. The van der Waals surface area contributed by atoms with Crippen LogP contribution in [0.4, 0.5) is 18.0 Å². The van der Waals surface area contributed by atoms with Crippen molar-refractivity contribution in [2.45, 2.75) is 19.2 Å². The Hall–Kier alpha value is -2.85. The monoisotopic (exact) mass is 458 g/mol. The number of piperazine rings is 1. The van der Waals surface area contributed by atoms with Crippen molar-refractivity contribution in [1.29, 1.82) is 0 Å². The van der Waals surface area contributed by atoms with Crippen molar-refractivity contribution < 1.29 is 37.7 Å². The number of carbonyl (C=O) groups is 1. The van der Waals surface area contributed by atoms with Gasteiger partial charge in [0, 0.05) is 37.3 Å². The highest BCUT2D eigenvalue weighted by Crippen LogP contribution is 2.47. The molecule has 2 N–H and O–H groups in total. The number of amides is 1. The summed E-state index contributed by atoms with van der Waals surface area (Å²) >= 11 is 6.13. The van der Waals surface area contributed by atoms with Crippen molar-refractivity contribution in [3.05, 3.63) is 40.7 Å². The maximum absolute atomic E-state index is 15.6. The topological polar surface area (TPSA) is 82.5 Å². The van der Waals surface area contributed by atoms with Gasteiger partial charge in [0.1, 0.15) is 18.1 Å². The number of benzene rings is 2. The van der Waals surface area contributed by atoms with Crippen LogP contribution in [0, 0.1) is 5.82 Å². The first kappa shape index (κ1) is 21.4. The predicted molar refractivity (Wildman–Crippen MR) is 104 cm³/mol. The second-order valence-electron chi connectivity index (χ2n) is 7.23. The molecule has 0 radical (unpaired) electrons. The summed E-state index contributed by atoms with van der Waals surface area (Å²) in [4.78, 5) is 14.4. The van der Waals surface area contributed by atoms with Crippen LogP contribution in [0.25, 0.3) is 11.1 Å². The largest absolute Gasteiger partial charge is 0.507 e. The van der Waals surface area contributed by atoms with Crippen molar-refractivity contribution in [3.8, 4) is 28.4 Å². The summed E-state index contributed by atoms with van der Waals surface area (Å²) < 4.78 is 52.1. The van der Waals surface area contributed by atoms with Gasteiger partial charge in [0.25, 0.3) is 0 Å². The Balaban J connectivity index is 1.80. The van der Waals surface area contributed by atoms with Crippen LogP contribution >= 0.6 is 11.6 Å². The lowest BCUT2D eigenvalue weighted by Gasteiger charge is -2.38. The summed E-state index contributed by atoms with van der Waals surface area (Å²) in [6, 6.07) is 4.97. The highest BCUT2D eigenvalue weighted by atomic mass is 35.5. The molecule has 0 saturated carbocycles. The van der Waals surface area contributed by atoms with Gasteiger partial charge in [-0.05, 0) is 18.2 Å². The number of carboxylic acid groups (broad SMARTS) is 1. The molecule has 1 amide bonds. The van der Waals surface area contributed by atoms with Crippen LogP contribution in [0.1, 0.15) is 5.56 Å². The Bertz CT molecular complexity index is 1000. The molecule has 2 aromatic rings. The van der Waals surface area contributed by atoms with Gasteiger partial charge in [0.15, 0.2) is 11.6 Å². The maximum Gasteiger partial charge on any atom is 0.407 e. The Morgan fingerprint density at radius 3 is 2.74 bits per heavy atom. The molecule has 2 aromatic carbocycles. The smallest absolute Gasteiger partial charge is 0.407 e. The molecule has 2 aliphatic rings. The predicted octanol–water partition coefficient (Wildman–Crippen LogP) is 4.01. The first-order chi connectivity index (χ1) is 14.8. The molecule has 0 unspecified atom stereocenters. The molecule has 1 atom stereocenters. The molecule has 1 saturated heterocycles. The van der Waals surface area contributed by atoms with E-state index in [4.69, 9.17) is 16.3 Å². The minimum atomic E-state index is -3.24. The van der Waals surface area contributed by atoms with Crippen molar-refractivity contribution in [2.75, 3.05) is 26.2 Å². The SMILES string of the molecule is O=C(O)N1CCN2Cc3cc(OC(F)F)c(-c4c(O)cccc4Cl)c(F)c3OC[C@H]2C1. The van der Waals surface area contributed by atoms with Crippen molar-refractivity contribution in [3.63, 3.8) is 0 Å². The van der Waals surface area contributed by atoms with Gasteiger partial charge < -0.3 is 24.6 Å². The van der Waals surface area contributed by atoms with Gasteiger partial charge in [-0.25, -0.2) is 9.18 Å². The van der Waals surface area contributed by atoms with E-state index in [2.05, 4.69) is 4.74 Å². The molecule has 7 nitrogen and oxygen atoms in total. The summed E-state index contributed by atoms with van der Waals surface area (Å²) in [6.07, 6.45) is -1.06. The maximum atomic E-state index is 15.6. The van der Waals surface area contributed by atoms with Crippen molar-refractivity contribution in [2.24, 2.45) is 0 Å². The Morgan fingerprint density at radius 2 is 2.06 bits per heavy atom. The Labute approximate surface area is 180 Å². The zero-order chi connectivity index (χ0) is 22.3. The van der Waals surface area contributed by atoms with E-state index in [0.29, 0.717) is 6.54 Å². The number of ether oxygens (including phenoxy) is 2. The van der Waals surface area contributed by atoms with E-state index in [0.717, 1.165) is 0 Å². The number of phenols is 1. The van der Waals surface area contributed by atoms with Gasteiger partial charge in [-0.3, -0.25) is 4.90 Å². The number of rotatable bonds is 3. The highest BCUT2D eigenvalue weighted by Gasteiger charge is 2.35. The van der Waals surface area contributed by atoms with Gasteiger partial charge >= 0.3 is 12.7 Å². The molecular weight excluding hydrogens is 441 g/mol. The third kappa shape index (κ3) is 4.05. The number of fused-ring (bicyclic) bond motifs is 2. The first-order valence-corrected chi connectivity index (χ1v) is 9.76. The van der Waals surface area contributed by atoms with E-state index < -0.39 is 35.6 Å². The van der Waals surface area contributed by atoms with E-state index in [1.165, 1.54) is 29.2 Å². The minimum Gasteiger partial charge on any atom is -0.507 e. The lowest BCUT2D eigenvalue weighted by atomic mass is 9.99. The van der Waals surface area contributed by atoms with Gasteiger partial charge in [-0.1, -0.05) is 17.7 Å². The van der Waals surface area contributed by atoms with E-state index in [1.807, 2.05) is 4.90 Å². The fourth-order valence-electron chi connectivity index (χ4n) is 3.95. The second-order valence-corrected chi connectivity index (χ2v) is 7.64. The van der Waals surface area contributed by atoms with Crippen LogP contribution in [-0.4, -0.2) is 65.0 Å². The van der Waals surface area contributed by atoms with Crippen LogP contribution in [0.5, 0.6) is 17.2 Å². The molecule has 0 spiro atoms. The average molecular weight is 459 g/mol. The molecular formula is C20H18ClF3N2O5. The molecule has 1 fully saturated rings. The number of aromatic hydroxyl groups is 1. The molecule has 0 aromatic heterocycles. The van der Waals surface area contributed by atoms with Gasteiger partial charge in [0.2, 0.25) is 0 Å². The third-order valence-corrected chi connectivity index (χ3v) is 5.70. The molecule has 2 heterocycles. The average Bonchev–Trinajstić information content (AvgIpc) is 2.88. The van der Waals surface area contributed by atoms with Gasteiger partial charge in [-0.15, -0.1) is 0 Å². The molecule has 4 rings (SSSR count). The van der Waals surface area contributed by atoms with Crippen LogP contribution in [0.15, 0.2) is 24.3 Å². The lowest BCUT2D eigenvalue weighted by Crippen LogP contribution is -2.55. The lowest BCUT2D eigenvalue weighted by molar-refractivity contribution is -0.0496. The van der Waals surface area contributed by atoms with Gasteiger partial charge in [0.05, 0.1) is 16.6 Å². The number of alkyl halides is 2. The molecule has 11 heteroatoms. The summed E-state index contributed by atoms with van der Waals surface area (Å²) in [7, 11) is 0. The number of hydrogen-bond acceptors (Lipinski definition) is 5. The summed E-state index contributed by atoms with van der Waals surface area (Å²) in [5, 5.41) is 19.4. The third-order valence-electron chi connectivity index (χ3n) is 5.39. The van der Waals surface area contributed by atoms with E-state index in [9.17, 15) is 23.8 Å². The molecule has 31 heavy (non-hydrogen) atoms. The second kappa shape index (κ2) is 8.35. The Kier molecular flexibility index (Phi) is 5.76. The van der Waals surface area contributed by atoms with E-state index >= 15 is 4.39 Å². The van der Waals surface area contributed by atoms with Crippen LogP contribution < -0.4 is 9.47 Å². The van der Waals surface area contributed by atoms with E-state index in [1.54, 1.807) is 0 Å². The van der Waals surface area contributed by atoms with Crippen molar-refractivity contribution >= 4 is 17.7 Å². The number of halogens is 4. The number of nitrogens with zero attached hydrogens (tertiary/aromatic N) is 2. The number of hydrogen-bond donors (Lipinski definition) is 2. The standard InChI is InChI=1S/C20H18ClF3N2O5/c21-12-2-1-3-13(27)15(12)16-14(31-19(23)24)6-10-7-25-4-5-26(20(28)29)8-11(25)9-30-18(10)17(16)22/h1-3,6,11,19,27H,4-5,7-9H2,(H,28,29)/t11-/m1/s1. The minimum absolute atomic E-state index is 0.00328. The van der Waals surface area contributed by atoms with Gasteiger partial charge in [-0.2, -0.15) is 8.78 Å². The fraction of sp³-hybridized carbons (Fsp3) is 0.350. The van der Waals surface area contributed by atoms with E-state index in [-0.39, 0.29) is 54.2 Å². The van der Waals surface area contributed by atoms with Crippen LogP contribution in [0.2, 0.25) is 5.02 Å². The highest BCUT2D eigenvalue weighted by molar-refractivity contribution is 6.33.